The van der Waals surface area contributed by atoms with E-state index in [0.29, 0.717) is 0 Å². The Morgan fingerprint density at radius 2 is 1.29 bits per heavy atom. The van der Waals surface area contributed by atoms with Crippen molar-refractivity contribution < 1.29 is 39.6 Å². The third-order valence-corrected chi connectivity index (χ3v) is 4.97. The molecule has 2 aliphatic heterocycles. The molecule has 0 amide bonds. The first-order valence-electron chi connectivity index (χ1n) is 9.51. The van der Waals surface area contributed by atoms with Crippen molar-refractivity contribution in [3.63, 3.8) is 0 Å². The Labute approximate surface area is 163 Å². The standard InChI is InChI=1S/C19H29NO8/c1-11-14(21)8-16(23)18(25-11)27-20(10-13-6-4-3-5-7-13)28-19-17(24)9-15(22)12(2)26-19/h3-7,11-12,14-19,21-24H,8-10H2,1-2H3/t11-,12-,14+,15+,16+,17+,18-,19-/m1/s1. The highest BCUT2D eigenvalue weighted by Gasteiger charge is 2.39. The second-order valence-corrected chi connectivity index (χ2v) is 7.35. The molecule has 0 radical (unpaired) electrons. The molecule has 28 heavy (non-hydrogen) atoms. The Bertz CT molecular complexity index is 573. The third-order valence-electron chi connectivity index (χ3n) is 4.97. The van der Waals surface area contributed by atoms with Gasteiger partial charge in [0.25, 0.3) is 0 Å². The molecule has 0 bridgehead atoms. The van der Waals surface area contributed by atoms with Gasteiger partial charge in [-0.1, -0.05) is 35.6 Å². The lowest BCUT2D eigenvalue weighted by Gasteiger charge is -2.40. The number of nitrogens with zero attached hydrogens (tertiary/aromatic N) is 1. The van der Waals surface area contributed by atoms with Crippen molar-refractivity contribution in [1.82, 2.24) is 5.23 Å². The second kappa shape index (κ2) is 9.57. The zero-order chi connectivity index (χ0) is 20.3. The first-order valence-corrected chi connectivity index (χ1v) is 9.51. The summed E-state index contributed by atoms with van der Waals surface area (Å²) in [6.45, 7) is 3.55. The second-order valence-electron chi connectivity index (χ2n) is 7.35. The van der Waals surface area contributed by atoms with E-state index in [1.54, 1.807) is 13.8 Å². The molecular formula is C19H29NO8. The highest BCUT2D eigenvalue weighted by molar-refractivity contribution is 5.13. The molecule has 2 saturated heterocycles. The van der Waals surface area contributed by atoms with Crippen LogP contribution in [0, 0.1) is 0 Å². The summed E-state index contributed by atoms with van der Waals surface area (Å²) in [4.78, 5) is 11.4. The van der Waals surface area contributed by atoms with Crippen LogP contribution in [0.3, 0.4) is 0 Å². The Hall–Kier alpha value is -1.14. The molecular weight excluding hydrogens is 370 g/mol. The molecule has 3 rings (SSSR count). The van der Waals surface area contributed by atoms with Gasteiger partial charge in [-0.3, -0.25) is 0 Å². The highest BCUT2D eigenvalue weighted by atomic mass is 17.0. The summed E-state index contributed by atoms with van der Waals surface area (Å²) in [7, 11) is 0. The van der Waals surface area contributed by atoms with E-state index in [0.717, 1.165) is 10.8 Å². The molecule has 0 saturated carbocycles. The molecule has 2 fully saturated rings. The van der Waals surface area contributed by atoms with Crippen molar-refractivity contribution in [3.8, 4) is 0 Å². The number of aliphatic hydroxyl groups is 4. The van der Waals surface area contributed by atoms with Crippen LogP contribution in [0.2, 0.25) is 0 Å². The van der Waals surface area contributed by atoms with E-state index in [2.05, 4.69) is 0 Å². The fourth-order valence-corrected chi connectivity index (χ4v) is 3.14. The Morgan fingerprint density at radius 3 is 1.75 bits per heavy atom. The van der Waals surface area contributed by atoms with Gasteiger partial charge in [-0.25, -0.2) is 9.68 Å². The maximum Gasteiger partial charge on any atom is 0.206 e. The minimum atomic E-state index is -1.05. The molecule has 8 atom stereocenters. The molecule has 4 N–H and O–H groups in total. The number of benzene rings is 1. The average molecular weight is 399 g/mol. The molecule has 2 aliphatic rings. The van der Waals surface area contributed by atoms with Crippen LogP contribution in [0.1, 0.15) is 32.3 Å². The molecule has 9 nitrogen and oxygen atoms in total. The van der Waals surface area contributed by atoms with Crippen LogP contribution in [-0.4, -0.2) is 74.9 Å². The number of hydroxylamine groups is 2. The number of hydrogen-bond donors (Lipinski definition) is 4. The van der Waals surface area contributed by atoms with Gasteiger partial charge in [0.1, 0.15) is 12.2 Å². The number of aliphatic hydroxyl groups excluding tert-OH is 4. The van der Waals surface area contributed by atoms with E-state index >= 15 is 0 Å². The smallest absolute Gasteiger partial charge is 0.206 e. The van der Waals surface area contributed by atoms with E-state index < -0.39 is 49.2 Å². The predicted octanol–water partition coefficient (Wildman–Crippen LogP) is 0.0652. The predicted molar refractivity (Wildman–Crippen MR) is 96.1 cm³/mol. The molecule has 2 heterocycles. The number of rotatable bonds is 6. The summed E-state index contributed by atoms with van der Waals surface area (Å²) >= 11 is 0. The van der Waals surface area contributed by atoms with Gasteiger partial charge in [-0.05, 0) is 19.4 Å². The van der Waals surface area contributed by atoms with Crippen molar-refractivity contribution in [2.45, 2.75) is 82.4 Å². The van der Waals surface area contributed by atoms with Crippen LogP contribution < -0.4 is 0 Å². The van der Waals surface area contributed by atoms with Crippen molar-refractivity contribution in [2.75, 3.05) is 0 Å². The Kier molecular flexibility index (Phi) is 7.37. The normalized spacial score (nSPS) is 39.2. The Morgan fingerprint density at radius 1 is 0.821 bits per heavy atom. The average Bonchev–Trinajstić information content (AvgIpc) is 2.65. The number of hydrogen-bond acceptors (Lipinski definition) is 9. The van der Waals surface area contributed by atoms with Crippen LogP contribution in [0.5, 0.6) is 0 Å². The lowest BCUT2D eigenvalue weighted by molar-refractivity contribution is -0.487. The van der Waals surface area contributed by atoms with Crippen molar-refractivity contribution >= 4 is 0 Å². The summed E-state index contributed by atoms with van der Waals surface area (Å²) in [5, 5.41) is 41.2. The van der Waals surface area contributed by atoms with Crippen LogP contribution >= 0.6 is 0 Å². The first kappa shape index (κ1) is 21.6. The molecule has 0 spiro atoms. The Balaban J connectivity index is 1.70. The quantitative estimate of drug-likeness (QED) is 0.492. The van der Waals surface area contributed by atoms with E-state index in [9.17, 15) is 20.4 Å². The SMILES string of the molecule is C[C@H]1O[C@H](ON(Cc2ccccc2)O[C@H]2O[C@H](C)[C@@H](O)C[C@@H]2O)[C@@H](O)C[C@@H]1O. The van der Waals surface area contributed by atoms with E-state index in [1.807, 2.05) is 30.3 Å². The number of ether oxygens (including phenoxy) is 2. The van der Waals surface area contributed by atoms with Crippen LogP contribution in [0.4, 0.5) is 0 Å². The van der Waals surface area contributed by atoms with E-state index in [4.69, 9.17) is 19.1 Å². The lowest BCUT2D eigenvalue weighted by Crippen LogP contribution is -2.52. The minimum Gasteiger partial charge on any atom is -0.390 e. The van der Waals surface area contributed by atoms with Crippen molar-refractivity contribution in [3.05, 3.63) is 35.9 Å². The van der Waals surface area contributed by atoms with Crippen LogP contribution in [0.15, 0.2) is 30.3 Å². The maximum atomic E-state index is 10.2. The van der Waals surface area contributed by atoms with Gasteiger partial charge < -0.3 is 29.9 Å². The van der Waals surface area contributed by atoms with Gasteiger partial charge in [0.2, 0.25) is 12.6 Å². The third kappa shape index (κ3) is 5.47. The van der Waals surface area contributed by atoms with Gasteiger partial charge in [0.15, 0.2) is 0 Å². The monoisotopic (exact) mass is 399 g/mol. The summed E-state index contributed by atoms with van der Waals surface area (Å²) in [5.74, 6) is 0. The van der Waals surface area contributed by atoms with Crippen molar-refractivity contribution in [1.29, 1.82) is 0 Å². The van der Waals surface area contributed by atoms with E-state index in [1.165, 1.54) is 0 Å². The summed E-state index contributed by atoms with van der Waals surface area (Å²) in [6, 6.07) is 9.35. The molecule has 1 aromatic carbocycles. The largest absolute Gasteiger partial charge is 0.390 e. The van der Waals surface area contributed by atoms with Crippen LogP contribution in [0.25, 0.3) is 0 Å². The van der Waals surface area contributed by atoms with Gasteiger partial charge >= 0.3 is 0 Å². The zero-order valence-electron chi connectivity index (χ0n) is 16.0. The summed E-state index contributed by atoms with van der Waals surface area (Å²) < 4.78 is 11.1. The fourth-order valence-electron chi connectivity index (χ4n) is 3.14. The molecule has 158 valence electrons. The molecule has 0 unspecified atom stereocenters. The highest BCUT2D eigenvalue weighted by Crippen LogP contribution is 2.26. The fraction of sp³-hybridized carbons (Fsp3) is 0.684. The molecule has 9 heteroatoms. The first-order chi connectivity index (χ1) is 13.3. The van der Waals surface area contributed by atoms with Crippen molar-refractivity contribution in [2.24, 2.45) is 0 Å². The minimum absolute atomic E-state index is 0.108. The molecule has 0 aromatic heterocycles. The molecule has 1 aromatic rings. The summed E-state index contributed by atoms with van der Waals surface area (Å²) in [5.41, 5.74) is 0.860. The van der Waals surface area contributed by atoms with Gasteiger partial charge in [0, 0.05) is 12.8 Å². The maximum absolute atomic E-state index is 10.2. The topological polar surface area (TPSA) is 121 Å². The lowest BCUT2D eigenvalue weighted by atomic mass is 10.0. The van der Waals surface area contributed by atoms with Crippen LogP contribution in [-0.2, 0) is 25.7 Å². The van der Waals surface area contributed by atoms with Gasteiger partial charge in [-0.2, -0.15) is 0 Å². The molecule has 0 aliphatic carbocycles. The summed E-state index contributed by atoms with van der Waals surface area (Å²) in [6.07, 6.45) is -6.59. The zero-order valence-corrected chi connectivity index (χ0v) is 16.0. The van der Waals surface area contributed by atoms with Gasteiger partial charge in [0.05, 0.1) is 31.0 Å². The van der Waals surface area contributed by atoms with Gasteiger partial charge in [-0.15, -0.1) is 0 Å². The van der Waals surface area contributed by atoms with E-state index in [-0.39, 0.29) is 19.4 Å².